The van der Waals surface area contributed by atoms with Crippen molar-refractivity contribution in [2.24, 2.45) is 12.5 Å². The number of likely N-dealkylation sites (tertiary alicyclic amines) is 1. The van der Waals surface area contributed by atoms with Gasteiger partial charge in [0.1, 0.15) is 5.69 Å². The second-order valence-electron chi connectivity index (χ2n) is 6.78. The van der Waals surface area contributed by atoms with Gasteiger partial charge in [0.05, 0.1) is 0 Å². The van der Waals surface area contributed by atoms with Gasteiger partial charge in [0.25, 0.3) is 5.91 Å². The zero-order valence-electron chi connectivity index (χ0n) is 13.6. The van der Waals surface area contributed by atoms with Crippen LogP contribution in [-0.4, -0.2) is 58.1 Å². The Balaban J connectivity index is 1.78. The van der Waals surface area contributed by atoms with Gasteiger partial charge in [0, 0.05) is 51.8 Å². The first-order chi connectivity index (χ1) is 10.4. The van der Waals surface area contributed by atoms with E-state index in [1.54, 1.807) is 28.9 Å². The summed E-state index contributed by atoms with van der Waals surface area (Å²) in [6.45, 7) is 0.708. The van der Waals surface area contributed by atoms with Crippen LogP contribution in [-0.2, 0) is 11.8 Å². The highest BCUT2D eigenvalue weighted by molar-refractivity contribution is 5.92. The summed E-state index contributed by atoms with van der Waals surface area (Å²) in [7, 11) is 5.55. The largest absolute Gasteiger partial charge is 0.342 e. The van der Waals surface area contributed by atoms with Crippen LogP contribution < -0.4 is 0 Å². The Morgan fingerprint density at radius 2 is 2.23 bits per heavy atom. The Morgan fingerprint density at radius 1 is 1.45 bits per heavy atom. The molecule has 1 aliphatic heterocycles. The van der Waals surface area contributed by atoms with Crippen molar-refractivity contribution in [3.63, 3.8) is 0 Å². The molecule has 0 radical (unpaired) electrons. The summed E-state index contributed by atoms with van der Waals surface area (Å²) in [5.74, 6) is 0.239. The van der Waals surface area contributed by atoms with E-state index < -0.39 is 0 Å². The second kappa shape index (κ2) is 5.41. The Bertz CT molecular complexity index is 597. The van der Waals surface area contributed by atoms with E-state index in [1.165, 1.54) is 0 Å². The lowest BCUT2D eigenvalue weighted by Gasteiger charge is -2.46. The molecule has 22 heavy (non-hydrogen) atoms. The summed E-state index contributed by atoms with van der Waals surface area (Å²) in [5.41, 5.74) is 0.666. The lowest BCUT2D eigenvalue weighted by atomic mass is 9.74. The molecular weight excluding hydrogens is 280 g/mol. The van der Waals surface area contributed by atoms with Crippen molar-refractivity contribution < 1.29 is 9.59 Å². The SMILES string of the molecule is CN(C[C@@]12CCC[C@H]1N(C)C(=O)CC2)C(=O)c1ccnn1C. The van der Waals surface area contributed by atoms with Crippen molar-refractivity contribution in [2.75, 3.05) is 20.6 Å². The van der Waals surface area contributed by atoms with Gasteiger partial charge in [-0.2, -0.15) is 5.10 Å². The molecule has 0 bridgehead atoms. The number of fused-ring (bicyclic) bond motifs is 1. The van der Waals surface area contributed by atoms with Crippen LogP contribution in [0.1, 0.15) is 42.6 Å². The fourth-order valence-electron chi connectivity index (χ4n) is 4.31. The first-order valence-electron chi connectivity index (χ1n) is 7.94. The van der Waals surface area contributed by atoms with Gasteiger partial charge in [0.15, 0.2) is 0 Å². The Labute approximate surface area is 131 Å². The van der Waals surface area contributed by atoms with E-state index in [2.05, 4.69) is 5.10 Å². The summed E-state index contributed by atoms with van der Waals surface area (Å²) < 4.78 is 1.61. The molecule has 6 nitrogen and oxygen atoms in total. The van der Waals surface area contributed by atoms with Gasteiger partial charge in [-0.15, -0.1) is 0 Å². The first-order valence-corrected chi connectivity index (χ1v) is 7.94. The molecule has 6 heteroatoms. The number of nitrogens with zero attached hydrogens (tertiary/aromatic N) is 4. The van der Waals surface area contributed by atoms with Crippen molar-refractivity contribution in [2.45, 2.75) is 38.1 Å². The lowest BCUT2D eigenvalue weighted by Crippen LogP contribution is -2.54. The third kappa shape index (κ3) is 2.30. The molecule has 2 heterocycles. The molecule has 2 amide bonds. The van der Waals surface area contributed by atoms with Gasteiger partial charge in [-0.05, 0) is 25.3 Å². The molecule has 0 N–H and O–H groups in total. The molecule has 1 saturated heterocycles. The second-order valence-corrected chi connectivity index (χ2v) is 6.78. The van der Waals surface area contributed by atoms with Crippen LogP contribution in [0.3, 0.4) is 0 Å². The third-order valence-corrected chi connectivity index (χ3v) is 5.50. The summed E-state index contributed by atoms with van der Waals surface area (Å²) in [6, 6.07) is 2.02. The molecule has 120 valence electrons. The van der Waals surface area contributed by atoms with Crippen LogP contribution >= 0.6 is 0 Å². The van der Waals surface area contributed by atoms with Crippen molar-refractivity contribution in [1.82, 2.24) is 19.6 Å². The first kappa shape index (κ1) is 15.1. The van der Waals surface area contributed by atoms with Crippen LogP contribution in [0.25, 0.3) is 0 Å². The number of rotatable bonds is 3. The van der Waals surface area contributed by atoms with Crippen LogP contribution in [0, 0.1) is 5.41 Å². The fraction of sp³-hybridized carbons (Fsp3) is 0.688. The van der Waals surface area contributed by atoms with E-state index in [-0.39, 0.29) is 23.3 Å². The Kier molecular flexibility index (Phi) is 3.70. The number of hydrogen-bond acceptors (Lipinski definition) is 3. The minimum Gasteiger partial charge on any atom is -0.342 e. The molecule has 1 aliphatic carbocycles. The molecule has 1 aromatic rings. The van der Waals surface area contributed by atoms with E-state index in [4.69, 9.17) is 0 Å². The van der Waals surface area contributed by atoms with Gasteiger partial charge in [-0.25, -0.2) is 0 Å². The van der Waals surface area contributed by atoms with Crippen LogP contribution in [0.2, 0.25) is 0 Å². The topological polar surface area (TPSA) is 58.4 Å². The van der Waals surface area contributed by atoms with Crippen molar-refractivity contribution in [3.8, 4) is 0 Å². The standard InChI is InChI=1S/C16H24N4O2/c1-18(15(22)12-7-10-17-20(12)3)11-16-8-4-5-13(16)19(2)14(21)6-9-16/h7,10,13H,4-6,8-9,11H2,1-3H3/t13-,16+/m1/s1. The van der Waals surface area contributed by atoms with E-state index in [0.29, 0.717) is 18.7 Å². The molecule has 2 atom stereocenters. The molecule has 2 aliphatic rings. The fourth-order valence-corrected chi connectivity index (χ4v) is 4.31. The van der Waals surface area contributed by atoms with Crippen LogP contribution in [0.5, 0.6) is 0 Å². The highest BCUT2D eigenvalue weighted by Gasteiger charge is 2.49. The molecule has 3 rings (SSSR count). The number of aromatic nitrogens is 2. The predicted octanol–water partition coefficient (Wildman–Crippen LogP) is 1.28. The highest BCUT2D eigenvalue weighted by Crippen LogP contribution is 2.48. The summed E-state index contributed by atoms with van der Waals surface area (Å²) in [5, 5.41) is 4.07. The molecule has 0 aromatic carbocycles. The highest BCUT2D eigenvalue weighted by atomic mass is 16.2. The number of hydrogen-bond donors (Lipinski definition) is 0. The summed E-state index contributed by atoms with van der Waals surface area (Å²) in [4.78, 5) is 28.3. The number of piperidine rings is 1. The number of amides is 2. The zero-order chi connectivity index (χ0) is 15.9. The molecule has 1 aromatic heterocycles. The minimum absolute atomic E-state index is 0.000391. The number of aryl methyl sites for hydroxylation is 1. The maximum Gasteiger partial charge on any atom is 0.271 e. The van der Waals surface area contributed by atoms with E-state index in [0.717, 1.165) is 25.7 Å². The molecule has 0 spiro atoms. The smallest absolute Gasteiger partial charge is 0.271 e. The van der Waals surface area contributed by atoms with Crippen LogP contribution in [0.15, 0.2) is 12.3 Å². The molecular formula is C16H24N4O2. The summed E-state index contributed by atoms with van der Waals surface area (Å²) in [6.07, 6.45) is 6.42. The van der Waals surface area contributed by atoms with Crippen molar-refractivity contribution >= 4 is 11.8 Å². The van der Waals surface area contributed by atoms with E-state index >= 15 is 0 Å². The number of carbonyl (C=O) groups excluding carboxylic acids is 2. The van der Waals surface area contributed by atoms with Crippen molar-refractivity contribution in [3.05, 3.63) is 18.0 Å². The maximum absolute atomic E-state index is 12.6. The Hall–Kier alpha value is -1.85. The van der Waals surface area contributed by atoms with Crippen molar-refractivity contribution in [1.29, 1.82) is 0 Å². The average molecular weight is 304 g/mol. The molecule has 0 unspecified atom stereocenters. The Morgan fingerprint density at radius 3 is 2.91 bits per heavy atom. The minimum atomic E-state index is -0.000391. The van der Waals surface area contributed by atoms with Gasteiger partial charge >= 0.3 is 0 Å². The summed E-state index contributed by atoms with van der Waals surface area (Å²) >= 11 is 0. The van der Waals surface area contributed by atoms with Gasteiger partial charge in [-0.1, -0.05) is 6.42 Å². The monoisotopic (exact) mass is 304 g/mol. The maximum atomic E-state index is 12.6. The predicted molar refractivity (Wildman–Crippen MR) is 82.2 cm³/mol. The zero-order valence-corrected chi connectivity index (χ0v) is 13.6. The van der Waals surface area contributed by atoms with Gasteiger partial charge < -0.3 is 9.80 Å². The van der Waals surface area contributed by atoms with E-state index in [9.17, 15) is 9.59 Å². The lowest BCUT2D eigenvalue weighted by molar-refractivity contribution is -0.140. The quantitative estimate of drug-likeness (QED) is 0.845. The molecule has 2 fully saturated rings. The van der Waals surface area contributed by atoms with Gasteiger partial charge in [-0.3, -0.25) is 14.3 Å². The van der Waals surface area contributed by atoms with Crippen LogP contribution in [0.4, 0.5) is 0 Å². The number of carbonyl (C=O) groups is 2. The normalized spacial score (nSPS) is 27.9. The van der Waals surface area contributed by atoms with Gasteiger partial charge in [0.2, 0.25) is 5.91 Å². The molecule has 1 saturated carbocycles. The third-order valence-electron chi connectivity index (χ3n) is 5.50. The van der Waals surface area contributed by atoms with E-state index in [1.807, 2.05) is 19.0 Å². The average Bonchev–Trinajstić information content (AvgIpc) is 3.09.